The molecule has 0 N–H and O–H groups in total. The smallest absolute Gasteiger partial charge is 0.293 e. The van der Waals surface area contributed by atoms with Crippen molar-refractivity contribution in [2.45, 2.75) is 18.0 Å². The molecule has 2 rings (SSSR count). The van der Waals surface area contributed by atoms with Crippen LogP contribution in [0.3, 0.4) is 0 Å². The summed E-state index contributed by atoms with van der Waals surface area (Å²) in [4.78, 5) is 16.5. The highest BCUT2D eigenvalue weighted by Crippen LogP contribution is 2.32. The summed E-state index contributed by atoms with van der Waals surface area (Å²) < 4.78 is 38.5. The highest BCUT2D eigenvalue weighted by Gasteiger charge is 2.34. The molecule has 0 bridgehead atoms. The van der Waals surface area contributed by atoms with Crippen LogP contribution in [0, 0.1) is 6.92 Å². The Hall–Kier alpha value is -1.82. The van der Waals surface area contributed by atoms with E-state index >= 15 is 0 Å². The maximum Gasteiger partial charge on any atom is 0.417 e. The summed E-state index contributed by atoms with van der Waals surface area (Å²) in [6.07, 6.45) is -2.54. The molecule has 1 aromatic carbocycles. The first-order chi connectivity index (χ1) is 9.88. The molecular formula is C15H12F3NOS. The van der Waals surface area contributed by atoms with Crippen LogP contribution >= 0.6 is 11.8 Å². The predicted octanol–water partition coefficient (Wildman–Crippen LogP) is 4.38. The van der Waals surface area contributed by atoms with E-state index < -0.39 is 17.5 Å². The summed E-state index contributed by atoms with van der Waals surface area (Å²) in [5, 5.41) is 0. The fraction of sp³-hybridized carbons (Fsp3) is 0.200. The van der Waals surface area contributed by atoms with Gasteiger partial charge in [0.2, 0.25) is 0 Å². The van der Waals surface area contributed by atoms with Gasteiger partial charge in [-0.05, 0) is 25.1 Å². The molecule has 0 amide bonds. The third kappa shape index (κ3) is 4.07. The number of ketones is 1. The number of aryl methyl sites for hydroxylation is 1. The van der Waals surface area contributed by atoms with Crippen molar-refractivity contribution in [1.29, 1.82) is 0 Å². The molecule has 0 aliphatic heterocycles. The minimum absolute atomic E-state index is 0.0573. The van der Waals surface area contributed by atoms with Gasteiger partial charge in [0.25, 0.3) is 0 Å². The molecule has 0 saturated heterocycles. The van der Waals surface area contributed by atoms with Crippen LogP contribution in [0.25, 0.3) is 0 Å². The van der Waals surface area contributed by atoms with Gasteiger partial charge < -0.3 is 0 Å². The molecule has 0 spiro atoms. The van der Waals surface area contributed by atoms with Gasteiger partial charge in [-0.15, -0.1) is 11.8 Å². The molecular weight excluding hydrogens is 299 g/mol. The van der Waals surface area contributed by atoms with Crippen molar-refractivity contribution in [1.82, 2.24) is 4.98 Å². The number of thioether (sulfide) groups is 1. The van der Waals surface area contributed by atoms with E-state index in [0.29, 0.717) is 0 Å². The Kier molecular flexibility index (Phi) is 4.67. The molecule has 0 unspecified atom stereocenters. The minimum atomic E-state index is -4.55. The number of benzene rings is 1. The fourth-order valence-corrected chi connectivity index (χ4v) is 2.69. The first kappa shape index (κ1) is 15.6. The van der Waals surface area contributed by atoms with E-state index in [9.17, 15) is 18.0 Å². The first-order valence-electron chi connectivity index (χ1n) is 6.12. The van der Waals surface area contributed by atoms with Gasteiger partial charge in [-0.1, -0.05) is 17.7 Å². The van der Waals surface area contributed by atoms with E-state index in [-0.39, 0.29) is 11.3 Å². The van der Waals surface area contributed by atoms with Crippen molar-refractivity contribution in [3.05, 3.63) is 59.4 Å². The van der Waals surface area contributed by atoms with Crippen molar-refractivity contribution in [2.24, 2.45) is 0 Å². The average molecular weight is 311 g/mol. The van der Waals surface area contributed by atoms with Crippen LogP contribution in [0.2, 0.25) is 0 Å². The van der Waals surface area contributed by atoms with E-state index in [0.717, 1.165) is 28.9 Å². The second-order valence-electron chi connectivity index (χ2n) is 4.45. The molecule has 2 aromatic rings. The zero-order chi connectivity index (χ0) is 15.5. The normalized spacial score (nSPS) is 11.4. The summed E-state index contributed by atoms with van der Waals surface area (Å²) in [6, 6.07) is 8.28. The fourth-order valence-electron chi connectivity index (χ4n) is 1.80. The summed E-state index contributed by atoms with van der Waals surface area (Å²) in [5.74, 6) is -0.639. The number of pyridine rings is 1. The molecule has 0 radical (unpaired) electrons. The third-order valence-electron chi connectivity index (χ3n) is 2.79. The Morgan fingerprint density at radius 1 is 1.29 bits per heavy atom. The number of hydrogen-bond acceptors (Lipinski definition) is 3. The lowest BCUT2D eigenvalue weighted by atomic mass is 10.1. The summed E-state index contributed by atoms with van der Waals surface area (Å²) in [6.45, 7) is 1.91. The number of carbonyl (C=O) groups is 1. The Morgan fingerprint density at radius 3 is 2.71 bits per heavy atom. The van der Waals surface area contributed by atoms with Crippen LogP contribution in [0.4, 0.5) is 13.2 Å². The third-order valence-corrected chi connectivity index (χ3v) is 3.78. The van der Waals surface area contributed by atoms with Gasteiger partial charge in [0.1, 0.15) is 0 Å². The Bertz CT molecular complexity index is 655. The number of carbonyl (C=O) groups excluding carboxylic acids is 1. The Morgan fingerprint density at radius 2 is 2.05 bits per heavy atom. The van der Waals surface area contributed by atoms with Crippen LogP contribution in [-0.2, 0) is 6.18 Å². The van der Waals surface area contributed by atoms with E-state index in [1.807, 2.05) is 31.2 Å². The molecule has 0 aliphatic rings. The van der Waals surface area contributed by atoms with Crippen molar-refractivity contribution < 1.29 is 18.0 Å². The van der Waals surface area contributed by atoms with Gasteiger partial charge in [0, 0.05) is 22.9 Å². The molecule has 2 nitrogen and oxygen atoms in total. The topological polar surface area (TPSA) is 30.0 Å². The molecule has 21 heavy (non-hydrogen) atoms. The van der Waals surface area contributed by atoms with Crippen molar-refractivity contribution in [3.63, 3.8) is 0 Å². The van der Waals surface area contributed by atoms with Crippen LogP contribution in [-0.4, -0.2) is 16.5 Å². The van der Waals surface area contributed by atoms with Gasteiger partial charge in [-0.2, -0.15) is 13.2 Å². The summed E-state index contributed by atoms with van der Waals surface area (Å²) in [7, 11) is 0. The van der Waals surface area contributed by atoms with Crippen LogP contribution in [0.15, 0.2) is 47.6 Å². The Labute approximate surface area is 124 Å². The van der Waals surface area contributed by atoms with Crippen LogP contribution in [0.5, 0.6) is 0 Å². The van der Waals surface area contributed by atoms with Gasteiger partial charge >= 0.3 is 6.18 Å². The van der Waals surface area contributed by atoms with Gasteiger partial charge in [-0.25, -0.2) is 0 Å². The van der Waals surface area contributed by atoms with Gasteiger partial charge in [-0.3, -0.25) is 9.78 Å². The molecule has 0 atom stereocenters. The summed E-state index contributed by atoms with van der Waals surface area (Å²) in [5.41, 5.74) is -0.290. The number of nitrogens with zero attached hydrogens (tertiary/aromatic N) is 1. The highest BCUT2D eigenvalue weighted by molar-refractivity contribution is 8.00. The summed E-state index contributed by atoms with van der Waals surface area (Å²) >= 11 is 1.21. The minimum Gasteiger partial charge on any atom is -0.293 e. The monoisotopic (exact) mass is 311 g/mol. The second-order valence-corrected chi connectivity index (χ2v) is 5.50. The van der Waals surface area contributed by atoms with E-state index in [4.69, 9.17) is 0 Å². The lowest BCUT2D eigenvalue weighted by Gasteiger charge is -2.11. The number of halogens is 3. The van der Waals surface area contributed by atoms with E-state index in [1.165, 1.54) is 11.8 Å². The zero-order valence-electron chi connectivity index (χ0n) is 11.1. The van der Waals surface area contributed by atoms with E-state index in [1.54, 1.807) is 0 Å². The van der Waals surface area contributed by atoms with Crippen LogP contribution < -0.4 is 0 Å². The van der Waals surface area contributed by atoms with E-state index in [2.05, 4.69) is 4.98 Å². The van der Waals surface area contributed by atoms with Crippen molar-refractivity contribution in [2.75, 3.05) is 5.75 Å². The SMILES string of the molecule is Cc1cccc(SCC(=O)c2cnccc2C(F)(F)F)c1. The Balaban J connectivity index is 2.14. The maximum atomic E-state index is 12.8. The molecule has 1 aromatic heterocycles. The molecule has 0 aliphatic carbocycles. The van der Waals surface area contributed by atoms with Gasteiger partial charge in [0.05, 0.1) is 11.3 Å². The average Bonchev–Trinajstić information content (AvgIpc) is 2.44. The van der Waals surface area contributed by atoms with Crippen LogP contribution in [0.1, 0.15) is 21.5 Å². The molecule has 1 heterocycles. The maximum absolute atomic E-state index is 12.8. The zero-order valence-corrected chi connectivity index (χ0v) is 12.0. The highest BCUT2D eigenvalue weighted by atomic mass is 32.2. The lowest BCUT2D eigenvalue weighted by molar-refractivity contribution is -0.138. The molecule has 110 valence electrons. The first-order valence-corrected chi connectivity index (χ1v) is 7.10. The number of alkyl halides is 3. The quantitative estimate of drug-likeness (QED) is 0.620. The number of aromatic nitrogens is 1. The lowest BCUT2D eigenvalue weighted by Crippen LogP contribution is -2.14. The van der Waals surface area contributed by atoms with Crippen molar-refractivity contribution in [3.8, 4) is 0 Å². The number of rotatable bonds is 4. The standard InChI is InChI=1S/C15H12F3NOS/c1-10-3-2-4-11(7-10)21-9-14(20)12-8-19-6-5-13(12)15(16,17)18/h2-8H,9H2,1H3. The predicted molar refractivity (Wildman–Crippen MR) is 75.5 cm³/mol. The van der Waals surface area contributed by atoms with Gasteiger partial charge in [0.15, 0.2) is 5.78 Å². The molecule has 0 fully saturated rings. The molecule has 6 heteroatoms. The van der Waals surface area contributed by atoms with Crippen molar-refractivity contribution >= 4 is 17.5 Å². The molecule has 0 saturated carbocycles. The number of Topliss-reactive ketones (excluding diaryl/α,β-unsaturated/α-hetero) is 1. The second kappa shape index (κ2) is 6.30. The largest absolute Gasteiger partial charge is 0.417 e. The number of hydrogen-bond donors (Lipinski definition) is 0.